The highest BCUT2D eigenvalue weighted by molar-refractivity contribution is 5.67. The van der Waals surface area contributed by atoms with Crippen LogP contribution in [0.5, 0.6) is 0 Å². The second-order valence-electron chi connectivity index (χ2n) is 7.49. The zero-order valence-electron chi connectivity index (χ0n) is 15.3. The molecule has 0 aromatic carbocycles. The van der Waals surface area contributed by atoms with Crippen molar-refractivity contribution in [2.75, 3.05) is 13.1 Å². The number of amides is 1. The molecule has 0 rings (SSSR count). The second kappa shape index (κ2) is 8.62. The van der Waals surface area contributed by atoms with Gasteiger partial charge in [-0.1, -0.05) is 40.5 Å². The van der Waals surface area contributed by atoms with Gasteiger partial charge in [0.05, 0.1) is 0 Å². The van der Waals surface area contributed by atoms with E-state index in [1.807, 2.05) is 20.8 Å². The predicted octanol–water partition coefficient (Wildman–Crippen LogP) is 3.95. The standard InChI is InChI=1S/C17H36N2O2/c1-9-14(10-2)11-19-17(8,13(3)4)12-18-15(20)21-16(5,6)7/h13-14,19H,9-12H2,1-8H3,(H,18,20). The van der Waals surface area contributed by atoms with Crippen molar-refractivity contribution in [1.82, 2.24) is 10.6 Å². The molecule has 21 heavy (non-hydrogen) atoms. The molecular weight excluding hydrogens is 264 g/mol. The van der Waals surface area contributed by atoms with Crippen molar-refractivity contribution in [2.24, 2.45) is 11.8 Å². The molecule has 2 N–H and O–H groups in total. The first kappa shape index (κ1) is 20.2. The molecule has 0 saturated carbocycles. The Morgan fingerprint density at radius 2 is 1.62 bits per heavy atom. The summed E-state index contributed by atoms with van der Waals surface area (Å²) in [6, 6.07) is 0. The first-order valence-corrected chi connectivity index (χ1v) is 8.26. The van der Waals surface area contributed by atoms with Gasteiger partial charge in [-0.2, -0.15) is 0 Å². The van der Waals surface area contributed by atoms with Gasteiger partial charge >= 0.3 is 6.09 Å². The third-order valence-corrected chi connectivity index (χ3v) is 4.22. The van der Waals surface area contributed by atoms with Crippen LogP contribution in [0, 0.1) is 11.8 Å². The lowest BCUT2D eigenvalue weighted by Gasteiger charge is -2.36. The van der Waals surface area contributed by atoms with Crippen molar-refractivity contribution in [3.63, 3.8) is 0 Å². The first-order chi connectivity index (χ1) is 9.54. The van der Waals surface area contributed by atoms with Gasteiger partial charge in [0.15, 0.2) is 0 Å². The molecule has 0 aliphatic rings. The number of alkyl carbamates (subject to hydrolysis) is 1. The molecule has 0 aliphatic heterocycles. The van der Waals surface area contributed by atoms with Gasteiger partial charge in [0.25, 0.3) is 0 Å². The van der Waals surface area contributed by atoms with Crippen LogP contribution in [-0.2, 0) is 4.74 Å². The van der Waals surface area contributed by atoms with E-state index in [0.29, 0.717) is 18.4 Å². The molecule has 1 amide bonds. The van der Waals surface area contributed by atoms with Crippen molar-refractivity contribution in [3.05, 3.63) is 0 Å². The van der Waals surface area contributed by atoms with Crippen molar-refractivity contribution >= 4 is 6.09 Å². The maximum Gasteiger partial charge on any atom is 0.407 e. The van der Waals surface area contributed by atoms with Crippen LogP contribution in [0.4, 0.5) is 4.79 Å². The van der Waals surface area contributed by atoms with Crippen LogP contribution in [0.1, 0.15) is 68.2 Å². The molecule has 0 fully saturated rings. The summed E-state index contributed by atoms with van der Waals surface area (Å²) in [7, 11) is 0. The van der Waals surface area contributed by atoms with Gasteiger partial charge in [-0.15, -0.1) is 0 Å². The number of hydrogen-bond acceptors (Lipinski definition) is 3. The molecule has 0 bridgehead atoms. The summed E-state index contributed by atoms with van der Waals surface area (Å²) >= 11 is 0. The Morgan fingerprint density at radius 1 is 1.10 bits per heavy atom. The SMILES string of the molecule is CCC(CC)CNC(C)(CNC(=O)OC(C)(C)C)C(C)C. The normalized spacial score (nSPS) is 15.1. The summed E-state index contributed by atoms with van der Waals surface area (Å²) in [5.41, 5.74) is -0.583. The fourth-order valence-corrected chi connectivity index (χ4v) is 2.00. The summed E-state index contributed by atoms with van der Waals surface area (Å²) in [6.07, 6.45) is 2.01. The Bertz CT molecular complexity index is 306. The Labute approximate surface area is 131 Å². The maximum absolute atomic E-state index is 11.8. The second-order valence-corrected chi connectivity index (χ2v) is 7.49. The Morgan fingerprint density at radius 3 is 2.00 bits per heavy atom. The molecule has 126 valence electrons. The van der Waals surface area contributed by atoms with Gasteiger partial charge in [-0.05, 0) is 46.1 Å². The lowest BCUT2D eigenvalue weighted by molar-refractivity contribution is 0.0502. The van der Waals surface area contributed by atoms with E-state index >= 15 is 0 Å². The highest BCUT2D eigenvalue weighted by Gasteiger charge is 2.29. The van der Waals surface area contributed by atoms with Crippen LogP contribution in [0.15, 0.2) is 0 Å². The number of hydrogen-bond donors (Lipinski definition) is 2. The highest BCUT2D eigenvalue weighted by atomic mass is 16.6. The van der Waals surface area contributed by atoms with E-state index in [1.54, 1.807) is 0 Å². The van der Waals surface area contributed by atoms with Crippen LogP contribution in [0.3, 0.4) is 0 Å². The predicted molar refractivity (Wildman–Crippen MR) is 89.6 cm³/mol. The van der Waals surface area contributed by atoms with E-state index in [1.165, 1.54) is 12.8 Å². The molecule has 1 unspecified atom stereocenters. The Kier molecular flexibility index (Phi) is 8.30. The van der Waals surface area contributed by atoms with Gasteiger partial charge in [-0.25, -0.2) is 4.79 Å². The average molecular weight is 300 g/mol. The van der Waals surface area contributed by atoms with E-state index in [4.69, 9.17) is 4.74 Å². The molecule has 4 nitrogen and oxygen atoms in total. The fraction of sp³-hybridized carbons (Fsp3) is 0.941. The number of ether oxygens (including phenoxy) is 1. The third kappa shape index (κ3) is 8.30. The van der Waals surface area contributed by atoms with Crippen molar-refractivity contribution < 1.29 is 9.53 Å². The molecule has 0 aliphatic carbocycles. The van der Waals surface area contributed by atoms with Crippen LogP contribution in [0.2, 0.25) is 0 Å². The molecule has 0 spiro atoms. The maximum atomic E-state index is 11.8. The van der Waals surface area contributed by atoms with Crippen LogP contribution in [0.25, 0.3) is 0 Å². The van der Waals surface area contributed by atoms with Crippen LogP contribution >= 0.6 is 0 Å². The molecular formula is C17H36N2O2. The van der Waals surface area contributed by atoms with Crippen molar-refractivity contribution in [3.8, 4) is 0 Å². The first-order valence-electron chi connectivity index (χ1n) is 8.26. The molecule has 4 heteroatoms. The number of carbonyl (C=O) groups is 1. The zero-order chi connectivity index (χ0) is 16.7. The Balaban J connectivity index is 4.49. The van der Waals surface area contributed by atoms with E-state index in [9.17, 15) is 4.79 Å². The number of rotatable bonds is 8. The number of carbonyl (C=O) groups excluding carboxylic acids is 1. The highest BCUT2D eigenvalue weighted by Crippen LogP contribution is 2.18. The number of nitrogens with one attached hydrogen (secondary N) is 2. The summed E-state index contributed by atoms with van der Waals surface area (Å²) in [5, 5.41) is 6.54. The average Bonchev–Trinajstić information content (AvgIpc) is 2.35. The Hall–Kier alpha value is -0.770. The van der Waals surface area contributed by atoms with Crippen LogP contribution in [-0.4, -0.2) is 30.3 Å². The summed E-state index contributed by atoms with van der Waals surface area (Å²) in [4.78, 5) is 11.8. The molecule has 0 aromatic heterocycles. The van der Waals surface area contributed by atoms with E-state index in [2.05, 4.69) is 45.3 Å². The van der Waals surface area contributed by atoms with Gasteiger partial charge in [0.2, 0.25) is 0 Å². The van der Waals surface area contributed by atoms with E-state index < -0.39 is 5.60 Å². The summed E-state index contributed by atoms with van der Waals surface area (Å²) in [6.45, 7) is 18.1. The van der Waals surface area contributed by atoms with Crippen molar-refractivity contribution in [1.29, 1.82) is 0 Å². The van der Waals surface area contributed by atoms with E-state index in [-0.39, 0.29) is 11.6 Å². The van der Waals surface area contributed by atoms with Gasteiger partial charge < -0.3 is 15.4 Å². The quantitative estimate of drug-likeness (QED) is 0.713. The molecule has 1 atom stereocenters. The lowest BCUT2D eigenvalue weighted by Crippen LogP contribution is -2.56. The van der Waals surface area contributed by atoms with Crippen LogP contribution < -0.4 is 10.6 Å². The zero-order valence-corrected chi connectivity index (χ0v) is 15.3. The third-order valence-electron chi connectivity index (χ3n) is 4.22. The largest absolute Gasteiger partial charge is 0.444 e. The van der Waals surface area contributed by atoms with E-state index in [0.717, 1.165) is 6.54 Å². The molecule has 0 radical (unpaired) electrons. The molecule has 0 aromatic rings. The molecule has 0 saturated heterocycles. The minimum absolute atomic E-state index is 0.126. The van der Waals surface area contributed by atoms with Crippen molar-refractivity contribution in [2.45, 2.75) is 79.4 Å². The smallest absolute Gasteiger partial charge is 0.407 e. The summed E-state index contributed by atoms with van der Waals surface area (Å²) in [5.74, 6) is 1.10. The minimum Gasteiger partial charge on any atom is -0.444 e. The topological polar surface area (TPSA) is 50.4 Å². The van der Waals surface area contributed by atoms with Gasteiger partial charge in [0, 0.05) is 12.1 Å². The fourth-order valence-electron chi connectivity index (χ4n) is 2.00. The lowest BCUT2D eigenvalue weighted by atomic mass is 9.87. The van der Waals surface area contributed by atoms with Gasteiger partial charge in [-0.3, -0.25) is 0 Å². The van der Waals surface area contributed by atoms with Gasteiger partial charge in [0.1, 0.15) is 5.60 Å². The summed E-state index contributed by atoms with van der Waals surface area (Å²) < 4.78 is 5.30. The monoisotopic (exact) mass is 300 g/mol. The minimum atomic E-state index is -0.457. The molecule has 0 heterocycles.